The number of nitriles is 1. The lowest BCUT2D eigenvalue weighted by Gasteiger charge is -2.39. The lowest BCUT2D eigenvalue weighted by molar-refractivity contribution is -0.143. The molecule has 3 amide bonds. The highest BCUT2D eigenvalue weighted by Crippen LogP contribution is 2.21. The van der Waals surface area contributed by atoms with Gasteiger partial charge in [-0.15, -0.1) is 0 Å². The van der Waals surface area contributed by atoms with E-state index in [9.17, 15) is 14.4 Å². The summed E-state index contributed by atoms with van der Waals surface area (Å²) in [5, 5.41) is 11.1. The van der Waals surface area contributed by atoms with Crippen LogP contribution in [0.1, 0.15) is 35.6 Å². The van der Waals surface area contributed by atoms with E-state index >= 15 is 0 Å². The van der Waals surface area contributed by atoms with Crippen molar-refractivity contribution in [2.75, 3.05) is 6.54 Å². The number of nitrogens with one attached hydrogen (secondary N) is 1. The van der Waals surface area contributed by atoms with Crippen LogP contribution in [0.4, 0.5) is 0 Å². The molecule has 1 aromatic rings. The second kappa shape index (κ2) is 4.98. The van der Waals surface area contributed by atoms with Crippen LogP contribution in [0, 0.1) is 18.3 Å². The number of carbonyl (C=O) groups is 3. The molecule has 0 spiro atoms. The maximum atomic E-state index is 12.5. The van der Waals surface area contributed by atoms with Gasteiger partial charge < -0.3 is 4.90 Å². The van der Waals surface area contributed by atoms with E-state index in [0.717, 1.165) is 0 Å². The molecule has 2 rings (SSSR count). The quantitative estimate of drug-likeness (QED) is 0.739. The van der Waals surface area contributed by atoms with Crippen molar-refractivity contribution in [1.29, 1.82) is 5.26 Å². The summed E-state index contributed by atoms with van der Waals surface area (Å²) in [7, 11) is 0. The van der Waals surface area contributed by atoms with Gasteiger partial charge in [-0.3, -0.25) is 19.7 Å². The molecule has 1 aromatic heterocycles. The fourth-order valence-corrected chi connectivity index (χ4v) is 2.05. The van der Waals surface area contributed by atoms with E-state index in [0.29, 0.717) is 11.3 Å². The number of imide groups is 1. The van der Waals surface area contributed by atoms with Gasteiger partial charge in [0.05, 0.1) is 11.3 Å². The Hall–Kier alpha value is -2.75. The highest BCUT2D eigenvalue weighted by Gasteiger charge is 2.44. The number of hydrogen-bond donors (Lipinski definition) is 1. The molecule has 7 heteroatoms. The van der Waals surface area contributed by atoms with Crippen molar-refractivity contribution in [3.8, 4) is 6.07 Å². The molecule has 0 aromatic carbocycles. The van der Waals surface area contributed by atoms with E-state index in [1.807, 2.05) is 6.07 Å². The summed E-state index contributed by atoms with van der Waals surface area (Å²) in [5.41, 5.74) is -0.247. The Morgan fingerprint density at radius 3 is 2.67 bits per heavy atom. The van der Waals surface area contributed by atoms with Gasteiger partial charge in [-0.2, -0.15) is 5.26 Å². The first-order valence-electron chi connectivity index (χ1n) is 6.31. The van der Waals surface area contributed by atoms with E-state index in [4.69, 9.17) is 5.26 Å². The molecule has 7 nitrogen and oxygen atoms in total. The highest BCUT2D eigenvalue weighted by molar-refractivity contribution is 6.08. The molecule has 21 heavy (non-hydrogen) atoms. The van der Waals surface area contributed by atoms with Gasteiger partial charge in [0.1, 0.15) is 23.8 Å². The average Bonchev–Trinajstić information content (AvgIpc) is 2.42. The molecule has 108 valence electrons. The van der Waals surface area contributed by atoms with Crippen LogP contribution in [0.15, 0.2) is 12.1 Å². The summed E-state index contributed by atoms with van der Waals surface area (Å²) in [6.45, 7) is 4.53. The Morgan fingerprint density at radius 1 is 1.43 bits per heavy atom. The average molecular weight is 286 g/mol. The predicted molar refractivity (Wildman–Crippen MR) is 72.0 cm³/mol. The lowest BCUT2D eigenvalue weighted by Crippen LogP contribution is -2.65. The summed E-state index contributed by atoms with van der Waals surface area (Å²) in [4.78, 5) is 41.1. The number of amides is 3. The van der Waals surface area contributed by atoms with Gasteiger partial charge in [0.25, 0.3) is 11.8 Å². The number of aryl methyl sites for hydroxylation is 1. The molecule has 1 N–H and O–H groups in total. The van der Waals surface area contributed by atoms with Crippen LogP contribution in [-0.4, -0.2) is 39.7 Å². The van der Waals surface area contributed by atoms with Gasteiger partial charge in [0.15, 0.2) is 0 Å². The number of nitrogens with zero attached hydrogens (tertiary/aromatic N) is 3. The molecule has 0 unspecified atom stereocenters. The van der Waals surface area contributed by atoms with Crippen molar-refractivity contribution in [2.45, 2.75) is 26.3 Å². The van der Waals surface area contributed by atoms with Gasteiger partial charge in [0, 0.05) is 0 Å². The Morgan fingerprint density at radius 2 is 2.10 bits per heavy atom. The first-order chi connectivity index (χ1) is 9.77. The molecule has 1 aliphatic rings. The van der Waals surface area contributed by atoms with Crippen LogP contribution < -0.4 is 5.32 Å². The minimum Gasteiger partial charge on any atom is -0.314 e. The summed E-state index contributed by atoms with van der Waals surface area (Å²) in [5.74, 6) is -1.58. The summed E-state index contributed by atoms with van der Waals surface area (Å²) in [6.07, 6.45) is 0. The normalized spacial score (nSPS) is 17.1. The maximum Gasteiger partial charge on any atom is 0.273 e. The Bertz CT molecular complexity index is 688. The number of piperazine rings is 1. The van der Waals surface area contributed by atoms with Crippen molar-refractivity contribution < 1.29 is 14.4 Å². The molecule has 0 radical (unpaired) electrons. The standard InChI is InChI=1S/C14H14N4O3/c1-8-9(6-15)4-5-10(16-8)12(20)18-7-11(19)17-13(21)14(18,2)3/h4-5H,7H2,1-3H3,(H,17,19,21). The van der Waals surface area contributed by atoms with Crippen LogP contribution in [0.25, 0.3) is 0 Å². The minimum atomic E-state index is -1.14. The molecular formula is C14H14N4O3. The van der Waals surface area contributed by atoms with Crippen molar-refractivity contribution in [2.24, 2.45) is 0 Å². The third kappa shape index (κ3) is 2.48. The van der Waals surface area contributed by atoms with E-state index in [1.165, 1.54) is 17.0 Å². The monoisotopic (exact) mass is 286 g/mol. The molecule has 0 aliphatic carbocycles. The third-order valence-electron chi connectivity index (χ3n) is 3.46. The molecule has 0 bridgehead atoms. The second-order valence-corrected chi connectivity index (χ2v) is 5.27. The first kappa shape index (κ1) is 14.7. The van der Waals surface area contributed by atoms with Crippen molar-refractivity contribution in [1.82, 2.24) is 15.2 Å². The molecule has 2 heterocycles. The zero-order valence-electron chi connectivity index (χ0n) is 11.9. The van der Waals surface area contributed by atoms with Crippen molar-refractivity contribution >= 4 is 17.7 Å². The van der Waals surface area contributed by atoms with E-state index in [1.54, 1.807) is 20.8 Å². The number of rotatable bonds is 1. The van der Waals surface area contributed by atoms with Crippen molar-refractivity contribution in [3.05, 3.63) is 29.1 Å². The molecule has 0 atom stereocenters. The number of aromatic nitrogens is 1. The zero-order chi connectivity index (χ0) is 15.8. The van der Waals surface area contributed by atoms with Gasteiger partial charge in [-0.25, -0.2) is 4.98 Å². The fraction of sp³-hybridized carbons (Fsp3) is 0.357. The van der Waals surface area contributed by atoms with Gasteiger partial charge in [-0.05, 0) is 32.9 Å². The van der Waals surface area contributed by atoms with E-state index < -0.39 is 23.3 Å². The number of carbonyl (C=O) groups excluding carboxylic acids is 3. The molecule has 1 aliphatic heterocycles. The van der Waals surface area contributed by atoms with Crippen LogP contribution in [0.5, 0.6) is 0 Å². The largest absolute Gasteiger partial charge is 0.314 e. The SMILES string of the molecule is Cc1nc(C(=O)N2CC(=O)NC(=O)C2(C)C)ccc1C#N. The topological polar surface area (TPSA) is 103 Å². The highest BCUT2D eigenvalue weighted by atomic mass is 16.2. The van der Waals surface area contributed by atoms with Crippen LogP contribution in [0.3, 0.4) is 0 Å². The Labute approximate surface area is 121 Å². The Kier molecular flexibility index (Phi) is 3.47. The second-order valence-electron chi connectivity index (χ2n) is 5.27. The van der Waals surface area contributed by atoms with Gasteiger partial charge in [-0.1, -0.05) is 0 Å². The van der Waals surface area contributed by atoms with E-state index in [-0.39, 0.29) is 12.2 Å². The molecule has 0 saturated carbocycles. The molecule has 1 saturated heterocycles. The fourth-order valence-electron chi connectivity index (χ4n) is 2.05. The summed E-state index contributed by atoms with van der Waals surface area (Å²) >= 11 is 0. The number of pyridine rings is 1. The van der Waals surface area contributed by atoms with Crippen LogP contribution >= 0.6 is 0 Å². The van der Waals surface area contributed by atoms with Gasteiger partial charge >= 0.3 is 0 Å². The van der Waals surface area contributed by atoms with Crippen LogP contribution in [-0.2, 0) is 9.59 Å². The smallest absolute Gasteiger partial charge is 0.273 e. The van der Waals surface area contributed by atoms with Crippen molar-refractivity contribution in [3.63, 3.8) is 0 Å². The predicted octanol–water partition coefficient (Wildman–Crippen LogP) is 0.139. The lowest BCUT2D eigenvalue weighted by atomic mass is 9.98. The van der Waals surface area contributed by atoms with Gasteiger partial charge in [0.2, 0.25) is 5.91 Å². The zero-order valence-corrected chi connectivity index (χ0v) is 11.9. The molecular weight excluding hydrogens is 272 g/mol. The summed E-state index contributed by atoms with van der Waals surface area (Å²) < 4.78 is 0. The maximum absolute atomic E-state index is 12.5. The molecule has 1 fully saturated rings. The van der Waals surface area contributed by atoms with E-state index in [2.05, 4.69) is 10.3 Å². The minimum absolute atomic E-state index is 0.0991. The Balaban J connectivity index is 2.39. The first-order valence-corrected chi connectivity index (χ1v) is 6.31. The number of hydrogen-bond acceptors (Lipinski definition) is 5. The van der Waals surface area contributed by atoms with Crippen LogP contribution in [0.2, 0.25) is 0 Å². The summed E-state index contributed by atoms with van der Waals surface area (Å²) in [6, 6.07) is 4.88. The third-order valence-corrected chi connectivity index (χ3v) is 3.46.